The maximum absolute atomic E-state index is 12.6. The molecule has 0 radical (unpaired) electrons. The van der Waals surface area contributed by atoms with Crippen LogP contribution in [0.15, 0.2) is 11.6 Å². The molecule has 0 aliphatic rings. The molecule has 8 heteroatoms. The van der Waals surface area contributed by atoms with Gasteiger partial charge in [-0.1, -0.05) is 0 Å². The first kappa shape index (κ1) is 12.7. The highest BCUT2D eigenvalue weighted by Crippen LogP contribution is 2.31. The largest absolute Gasteiger partial charge is 0.435 e. The average molecular weight is 274 g/mol. The molecule has 0 aliphatic carbocycles. The summed E-state index contributed by atoms with van der Waals surface area (Å²) in [5, 5.41) is 2.61. The zero-order chi connectivity index (χ0) is 13.3. The van der Waals surface area contributed by atoms with Crippen molar-refractivity contribution in [3.63, 3.8) is 0 Å². The maximum Gasteiger partial charge on any atom is 0.435 e. The van der Waals surface area contributed by atoms with E-state index in [0.29, 0.717) is 5.69 Å². The van der Waals surface area contributed by atoms with E-state index in [0.717, 1.165) is 11.2 Å². The second-order valence-electron chi connectivity index (χ2n) is 3.62. The van der Waals surface area contributed by atoms with Gasteiger partial charge in [-0.2, -0.15) is 13.2 Å². The number of nitrogens with two attached hydrogens (primary N) is 1. The predicted molar refractivity (Wildman–Crippen MR) is 61.1 cm³/mol. The Morgan fingerprint density at radius 3 is 2.61 bits per heavy atom. The molecule has 0 saturated carbocycles. The van der Waals surface area contributed by atoms with Crippen LogP contribution in [0.25, 0.3) is 0 Å². The summed E-state index contributed by atoms with van der Waals surface area (Å²) in [4.78, 5) is 11.4. The second-order valence-corrected chi connectivity index (χ2v) is 4.68. The standard InChI is InChI=1S/C10H9F3N4S/c1-5-16-6(4-18-5)2-8-15-3-7(14)9(17-8)10(11,12)13/h3-4H,2,14H2,1H3. The Morgan fingerprint density at radius 2 is 2.06 bits per heavy atom. The van der Waals surface area contributed by atoms with Crippen LogP contribution in [0.5, 0.6) is 0 Å². The number of halogens is 3. The van der Waals surface area contributed by atoms with Crippen molar-refractivity contribution in [2.45, 2.75) is 19.5 Å². The number of aryl methyl sites for hydroxylation is 1. The minimum absolute atomic E-state index is 0.0572. The lowest BCUT2D eigenvalue weighted by Crippen LogP contribution is -2.14. The monoisotopic (exact) mass is 274 g/mol. The lowest BCUT2D eigenvalue weighted by atomic mass is 10.3. The first-order chi connectivity index (χ1) is 8.36. The van der Waals surface area contributed by atoms with Crippen LogP contribution in [0.1, 0.15) is 22.2 Å². The number of hydrogen-bond acceptors (Lipinski definition) is 5. The molecule has 4 nitrogen and oxygen atoms in total. The molecule has 0 bridgehead atoms. The Labute approximate surface area is 105 Å². The van der Waals surface area contributed by atoms with Crippen molar-refractivity contribution in [3.05, 3.63) is 33.8 Å². The normalized spacial score (nSPS) is 11.8. The molecule has 2 aromatic rings. The Morgan fingerprint density at radius 1 is 1.33 bits per heavy atom. The molecule has 2 heterocycles. The van der Waals surface area contributed by atoms with Crippen molar-refractivity contribution in [1.82, 2.24) is 15.0 Å². The van der Waals surface area contributed by atoms with E-state index in [9.17, 15) is 13.2 Å². The minimum atomic E-state index is -4.57. The van der Waals surface area contributed by atoms with Crippen molar-refractivity contribution in [2.24, 2.45) is 0 Å². The fraction of sp³-hybridized carbons (Fsp3) is 0.300. The Bertz CT molecular complexity index is 564. The summed E-state index contributed by atoms with van der Waals surface area (Å²) < 4.78 is 37.8. The van der Waals surface area contributed by atoms with E-state index in [-0.39, 0.29) is 12.2 Å². The van der Waals surface area contributed by atoms with Crippen molar-refractivity contribution in [2.75, 3.05) is 5.73 Å². The van der Waals surface area contributed by atoms with Crippen molar-refractivity contribution >= 4 is 17.0 Å². The first-order valence-corrected chi connectivity index (χ1v) is 5.84. The highest BCUT2D eigenvalue weighted by molar-refractivity contribution is 7.09. The van der Waals surface area contributed by atoms with Gasteiger partial charge in [-0.25, -0.2) is 15.0 Å². The highest BCUT2D eigenvalue weighted by Gasteiger charge is 2.35. The average Bonchev–Trinajstić information content (AvgIpc) is 2.65. The fourth-order valence-electron chi connectivity index (χ4n) is 1.39. The minimum Gasteiger partial charge on any atom is -0.396 e. The summed E-state index contributed by atoms with van der Waals surface area (Å²) in [5.41, 5.74) is 4.29. The van der Waals surface area contributed by atoms with Crippen molar-refractivity contribution < 1.29 is 13.2 Å². The number of thiazole rings is 1. The zero-order valence-electron chi connectivity index (χ0n) is 9.32. The van der Waals surface area contributed by atoms with Crippen LogP contribution >= 0.6 is 11.3 Å². The van der Waals surface area contributed by atoms with Crippen LogP contribution in [0, 0.1) is 6.92 Å². The Hall–Kier alpha value is -1.70. The van der Waals surface area contributed by atoms with E-state index in [2.05, 4.69) is 15.0 Å². The van der Waals surface area contributed by atoms with Crippen LogP contribution in [0.4, 0.5) is 18.9 Å². The van der Waals surface area contributed by atoms with Gasteiger partial charge in [0.15, 0.2) is 5.69 Å². The highest BCUT2D eigenvalue weighted by atomic mass is 32.1. The molecule has 0 unspecified atom stereocenters. The molecule has 2 rings (SSSR count). The number of aromatic nitrogens is 3. The van der Waals surface area contributed by atoms with Gasteiger partial charge < -0.3 is 5.73 Å². The number of nitrogens with zero attached hydrogens (tertiary/aromatic N) is 3. The van der Waals surface area contributed by atoms with Gasteiger partial charge in [-0.05, 0) is 6.92 Å². The summed E-state index contributed by atoms with van der Waals surface area (Å²) in [6, 6.07) is 0. The quantitative estimate of drug-likeness (QED) is 0.913. The van der Waals surface area contributed by atoms with Gasteiger partial charge in [-0.15, -0.1) is 11.3 Å². The van der Waals surface area contributed by atoms with Crippen LogP contribution < -0.4 is 5.73 Å². The third-order valence-electron chi connectivity index (χ3n) is 2.14. The molecule has 18 heavy (non-hydrogen) atoms. The van der Waals surface area contributed by atoms with Gasteiger partial charge in [0.2, 0.25) is 0 Å². The summed E-state index contributed by atoms with van der Waals surface area (Å²) in [7, 11) is 0. The first-order valence-electron chi connectivity index (χ1n) is 4.96. The lowest BCUT2D eigenvalue weighted by Gasteiger charge is -2.09. The predicted octanol–water partition coefficient (Wildman–Crippen LogP) is 2.43. The van der Waals surface area contributed by atoms with Gasteiger partial charge in [-0.3, -0.25) is 0 Å². The fourth-order valence-corrected chi connectivity index (χ4v) is 2.00. The summed E-state index contributed by atoms with van der Waals surface area (Å²) in [6.45, 7) is 1.82. The molecule has 2 aromatic heterocycles. The molecule has 0 spiro atoms. The van der Waals surface area contributed by atoms with E-state index in [1.165, 1.54) is 11.3 Å². The molecule has 96 valence electrons. The molecule has 0 amide bonds. The van der Waals surface area contributed by atoms with Gasteiger partial charge >= 0.3 is 6.18 Å². The van der Waals surface area contributed by atoms with Crippen LogP contribution in [-0.2, 0) is 12.6 Å². The van der Waals surface area contributed by atoms with Crippen molar-refractivity contribution in [3.8, 4) is 0 Å². The van der Waals surface area contributed by atoms with Crippen LogP contribution in [0.2, 0.25) is 0 Å². The van der Waals surface area contributed by atoms with Gasteiger partial charge in [0.1, 0.15) is 5.82 Å². The molecule has 0 saturated heterocycles. The number of alkyl halides is 3. The summed E-state index contributed by atoms with van der Waals surface area (Å²) >= 11 is 1.42. The van der Waals surface area contributed by atoms with E-state index in [1.807, 2.05) is 6.92 Å². The Kier molecular flexibility index (Phi) is 3.20. The zero-order valence-corrected chi connectivity index (χ0v) is 10.1. The smallest absolute Gasteiger partial charge is 0.396 e. The molecule has 0 aliphatic heterocycles. The molecule has 2 N–H and O–H groups in total. The lowest BCUT2D eigenvalue weighted by molar-refractivity contribution is -0.140. The molecule has 0 fully saturated rings. The SMILES string of the molecule is Cc1nc(Cc2ncc(N)c(C(F)(F)F)n2)cs1. The molecular weight excluding hydrogens is 265 g/mol. The van der Waals surface area contributed by atoms with Crippen LogP contribution in [-0.4, -0.2) is 15.0 Å². The Balaban J connectivity index is 2.30. The van der Waals surface area contributed by atoms with E-state index < -0.39 is 17.6 Å². The van der Waals surface area contributed by atoms with E-state index in [4.69, 9.17) is 5.73 Å². The van der Waals surface area contributed by atoms with E-state index >= 15 is 0 Å². The van der Waals surface area contributed by atoms with Crippen LogP contribution in [0.3, 0.4) is 0 Å². The topological polar surface area (TPSA) is 64.7 Å². The number of hydrogen-bond donors (Lipinski definition) is 1. The van der Waals surface area contributed by atoms with Gasteiger partial charge in [0.05, 0.1) is 29.0 Å². The van der Waals surface area contributed by atoms with Gasteiger partial charge in [0, 0.05) is 5.38 Å². The number of anilines is 1. The summed E-state index contributed by atoms with van der Waals surface area (Å²) in [6.07, 6.45) is -3.43. The second kappa shape index (κ2) is 4.52. The number of nitrogen functional groups attached to an aromatic ring is 1. The summed E-state index contributed by atoms with van der Waals surface area (Å²) in [5.74, 6) is 0.0572. The molecular formula is C10H9F3N4S. The van der Waals surface area contributed by atoms with Crippen molar-refractivity contribution in [1.29, 1.82) is 0 Å². The molecule has 0 aromatic carbocycles. The third kappa shape index (κ3) is 2.76. The van der Waals surface area contributed by atoms with E-state index in [1.54, 1.807) is 5.38 Å². The van der Waals surface area contributed by atoms with Gasteiger partial charge in [0.25, 0.3) is 0 Å². The molecule has 0 atom stereocenters. The third-order valence-corrected chi connectivity index (χ3v) is 2.96. The number of rotatable bonds is 2. The maximum atomic E-state index is 12.6.